The summed E-state index contributed by atoms with van der Waals surface area (Å²) in [5, 5.41) is 3.06. The second kappa shape index (κ2) is 4.45. The Labute approximate surface area is 100 Å². The number of benzene rings is 2. The fraction of sp³-hybridized carbons (Fsp3) is 0.143. The molecule has 2 aromatic carbocycles. The molecule has 0 saturated heterocycles. The zero-order valence-electron chi connectivity index (χ0n) is 9.92. The third kappa shape index (κ3) is 2.56. The summed E-state index contributed by atoms with van der Waals surface area (Å²) >= 11 is 0. The molecule has 0 bridgehead atoms. The molecule has 0 spiro atoms. The lowest BCUT2D eigenvalue weighted by Gasteiger charge is -2.11. The number of hydrogen-bond acceptors (Lipinski definition) is 2. The van der Waals surface area contributed by atoms with Crippen molar-refractivity contribution in [1.82, 2.24) is 0 Å². The zero-order chi connectivity index (χ0) is 12.4. The summed E-state index contributed by atoms with van der Waals surface area (Å²) in [5.74, 6) is -0.249. The minimum atomic E-state index is -0.249. The van der Waals surface area contributed by atoms with Gasteiger partial charge in [-0.25, -0.2) is 4.39 Å². The molecule has 0 heterocycles. The van der Waals surface area contributed by atoms with Crippen LogP contribution in [-0.2, 0) is 0 Å². The number of nitrogens with one attached hydrogen (secondary N) is 1. The van der Waals surface area contributed by atoms with Gasteiger partial charge in [-0.15, -0.1) is 0 Å². The first-order valence-corrected chi connectivity index (χ1v) is 5.45. The highest BCUT2D eigenvalue weighted by Gasteiger charge is 2.04. The van der Waals surface area contributed by atoms with Crippen LogP contribution in [0.4, 0.5) is 21.5 Å². The van der Waals surface area contributed by atoms with E-state index in [1.807, 2.05) is 32.0 Å². The molecule has 0 unspecified atom stereocenters. The second-order valence-corrected chi connectivity index (χ2v) is 4.18. The molecule has 0 radical (unpaired) electrons. The van der Waals surface area contributed by atoms with Gasteiger partial charge >= 0.3 is 0 Å². The fourth-order valence-corrected chi connectivity index (χ4v) is 1.69. The molecule has 0 fully saturated rings. The van der Waals surface area contributed by atoms with Crippen molar-refractivity contribution >= 4 is 17.1 Å². The predicted octanol–water partition coefficient (Wildman–Crippen LogP) is 3.77. The van der Waals surface area contributed by atoms with Crippen molar-refractivity contribution in [1.29, 1.82) is 0 Å². The summed E-state index contributed by atoms with van der Waals surface area (Å²) < 4.78 is 13.7. The lowest BCUT2D eigenvalue weighted by Crippen LogP contribution is -1.97. The first kappa shape index (κ1) is 11.5. The van der Waals surface area contributed by atoms with Gasteiger partial charge in [0.15, 0.2) is 0 Å². The van der Waals surface area contributed by atoms with Crippen LogP contribution in [0.1, 0.15) is 11.1 Å². The van der Waals surface area contributed by atoms with E-state index in [1.165, 1.54) is 6.07 Å². The number of nitrogens with two attached hydrogens (primary N) is 1. The summed E-state index contributed by atoms with van der Waals surface area (Å²) in [6, 6.07) is 10.6. The van der Waals surface area contributed by atoms with Gasteiger partial charge in [0.2, 0.25) is 0 Å². The third-order valence-corrected chi connectivity index (χ3v) is 2.64. The third-order valence-electron chi connectivity index (χ3n) is 2.64. The molecule has 2 aromatic rings. The minimum Gasteiger partial charge on any atom is -0.399 e. The van der Waals surface area contributed by atoms with Crippen molar-refractivity contribution in [3.05, 3.63) is 53.3 Å². The summed E-state index contributed by atoms with van der Waals surface area (Å²) in [7, 11) is 0. The lowest BCUT2D eigenvalue weighted by molar-refractivity contribution is 0.630. The highest BCUT2D eigenvalue weighted by atomic mass is 19.1. The molecule has 2 rings (SSSR count). The molecule has 17 heavy (non-hydrogen) atoms. The van der Waals surface area contributed by atoms with Crippen molar-refractivity contribution in [3.63, 3.8) is 0 Å². The number of nitrogen functional groups attached to an aromatic ring is 1. The first-order chi connectivity index (χ1) is 8.06. The average molecular weight is 230 g/mol. The smallest absolute Gasteiger partial charge is 0.146 e. The van der Waals surface area contributed by atoms with Gasteiger partial charge in [-0.3, -0.25) is 0 Å². The van der Waals surface area contributed by atoms with Gasteiger partial charge in [0.25, 0.3) is 0 Å². The van der Waals surface area contributed by atoms with Crippen molar-refractivity contribution in [3.8, 4) is 0 Å². The van der Waals surface area contributed by atoms with Crippen LogP contribution in [0, 0.1) is 19.7 Å². The van der Waals surface area contributed by atoms with E-state index in [0.29, 0.717) is 11.4 Å². The maximum absolute atomic E-state index is 13.7. The molecule has 0 aliphatic rings. The molecule has 0 aliphatic carbocycles. The molecule has 0 amide bonds. The van der Waals surface area contributed by atoms with Gasteiger partial charge in [0.05, 0.1) is 5.69 Å². The molecule has 88 valence electrons. The van der Waals surface area contributed by atoms with Gasteiger partial charge in [0.1, 0.15) is 5.82 Å². The van der Waals surface area contributed by atoms with Gasteiger partial charge in [0, 0.05) is 11.4 Å². The Kier molecular flexibility index (Phi) is 3.00. The first-order valence-electron chi connectivity index (χ1n) is 5.45. The second-order valence-electron chi connectivity index (χ2n) is 4.18. The van der Waals surface area contributed by atoms with E-state index in [-0.39, 0.29) is 5.82 Å². The van der Waals surface area contributed by atoms with Crippen molar-refractivity contribution in [2.24, 2.45) is 0 Å². The Hall–Kier alpha value is -2.03. The van der Waals surface area contributed by atoms with Gasteiger partial charge in [-0.05, 0) is 55.3 Å². The van der Waals surface area contributed by atoms with Crippen molar-refractivity contribution in [2.75, 3.05) is 11.1 Å². The Bertz CT molecular complexity index is 500. The van der Waals surface area contributed by atoms with Crippen LogP contribution in [0.5, 0.6) is 0 Å². The Morgan fingerprint density at radius 1 is 1.00 bits per heavy atom. The minimum absolute atomic E-state index is 0.249. The van der Waals surface area contributed by atoms with E-state index < -0.39 is 0 Å². The van der Waals surface area contributed by atoms with Crippen LogP contribution in [0.3, 0.4) is 0 Å². The molecule has 0 aromatic heterocycles. The highest BCUT2D eigenvalue weighted by Crippen LogP contribution is 2.24. The lowest BCUT2D eigenvalue weighted by atomic mass is 10.1. The van der Waals surface area contributed by atoms with E-state index in [0.717, 1.165) is 16.8 Å². The van der Waals surface area contributed by atoms with Gasteiger partial charge in [-0.2, -0.15) is 0 Å². The van der Waals surface area contributed by atoms with Crippen LogP contribution < -0.4 is 11.1 Å². The number of aryl methyl sites for hydroxylation is 2. The van der Waals surface area contributed by atoms with Gasteiger partial charge < -0.3 is 11.1 Å². The number of hydrogen-bond donors (Lipinski definition) is 2. The topological polar surface area (TPSA) is 38.0 Å². The van der Waals surface area contributed by atoms with E-state index >= 15 is 0 Å². The highest BCUT2D eigenvalue weighted by molar-refractivity contribution is 5.66. The van der Waals surface area contributed by atoms with Crippen LogP contribution in [0.15, 0.2) is 36.4 Å². The Morgan fingerprint density at radius 2 is 1.71 bits per heavy atom. The molecule has 0 saturated carbocycles. The van der Waals surface area contributed by atoms with Crippen LogP contribution in [0.2, 0.25) is 0 Å². The molecule has 3 N–H and O–H groups in total. The number of halogens is 1. The van der Waals surface area contributed by atoms with E-state index in [4.69, 9.17) is 5.73 Å². The molecule has 0 atom stereocenters. The van der Waals surface area contributed by atoms with Crippen molar-refractivity contribution in [2.45, 2.75) is 13.8 Å². The molecule has 3 heteroatoms. The standard InChI is InChI=1S/C14H15FN2/c1-9-3-5-14(12(15)7-9)17-13-6-4-11(16)8-10(13)2/h3-8,17H,16H2,1-2H3. The van der Waals surface area contributed by atoms with Gasteiger partial charge in [-0.1, -0.05) is 6.07 Å². The molecule has 0 aliphatic heterocycles. The number of anilines is 3. The van der Waals surface area contributed by atoms with E-state index in [9.17, 15) is 4.39 Å². The summed E-state index contributed by atoms with van der Waals surface area (Å²) in [4.78, 5) is 0. The summed E-state index contributed by atoms with van der Waals surface area (Å²) in [6.45, 7) is 3.80. The maximum atomic E-state index is 13.7. The largest absolute Gasteiger partial charge is 0.399 e. The quantitative estimate of drug-likeness (QED) is 0.771. The summed E-state index contributed by atoms with van der Waals surface area (Å²) in [6.07, 6.45) is 0. The number of rotatable bonds is 2. The Morgan fingerprint density at radius 3 is 2.35 bits per heavy atom. The van der Waals surface area contributed by atoms with Crippen LogP contribution in [0.25, 0.3) is 0 Å². The molecular weight excluding hydrogens is 215 g/mol. The Balaban J connectivity index is 2.31. The average Bonchev–Trinajstić information content (AvgIpc) is 2.25. The van der Waals surface area contributed by atoms with E-state index in [1.54, 1.807) is 12.1 Å². The van der Waals surface area contributed by atoms with E-state index in [2.05, 4.69) is 5.32 Å². The maximum Gasteiger partial charge on any atom is 0.146 e. The van der Waals surface area contributed by atoms with Crippen LogP contribution >= 0.6 is 0 Å². The SMILES string of the molecule is Cc1ccc(Nc2ccc(N)cc2C)c(F)c1. The van der Waals surface area contributed by atoms with Crippen molar-refractivity contribution < 1.29 is 4.39 Å². The fourth-order valence-electron chi connectivity index (χ4n) is 1.69. The molecular formula is C14H15FN2. The monoisotopic (exact) mass is 230 g/mol. The summed E-state index contributed by atoms with van der Waals surface area (Å²) in [5.41, 5.74) is 9.61. The predicted molar refractivity (Wildman–Crippen MR) is 70.0 cm³/mol. The van der Waals surface area contributed by atoms with Crippen LogP contribution in [-0.4, -0.2) is 0 Å². The normalized spacial score (nSPS) is 10.3. The molecule has 2 nitrogen and oxygen atoms in total. The zero-order valence-corrected chi connectivity index (χ0v) is 9.92.